The maximum atomic E-state index is 6.34. The van der Waals surface area contributed by atoms with Gasteiger partial charge in [-0.3, -0.25) is 0 Å². The van der Waals surface area contributed by atoms with Crippen LogP contribution in [0.3, 0.4) is 0 Å². The Morgan fingerprint density at radius 3 is 2.71 bits per heavy atom. The lowest BCUT2D eigenvalue weighted by Gasteiger charge is -2.11. The zero-order valence-electron chi connectivity index (χ0n) is 11.8. The molecule has 1 aliphatic rings. The molecule has 2 nitrogen and oxygen atoms in total. The first-order chi connectivity index (χ1) is 10.1. The molecule has 2 aromatic rings. The van der Waals surface area contributed by atoms with Gasteiger partial charge in [-0.25, -0.2) is 0 Å². The summed E-state index contributed by atoms with van der Waals surface area (Å²) in [5.41, 5.74) is 2.20. The maximum Gasteiger partial charge on any atom is 0.130 e. The first kappa shape index (κ1) is 14.9. The fraction of sp³-hybridized carbons (Fsp3) is 0.294. The monoisotopic (exact) mass is 365 g/mol. The van der Waals surface area contributed by atoms with E-state index in [1.165, 1.54) is 12.8 Å². The molecule has 0 aromatic heterocycles. The molecule has 0 unspecified atom stereocenters. The van der Waals surface area contributed by atoms with Gasteiger partial charge in [0, 0.05) is 22.1 Å². The SMILES string of the molecule is Cc1cc(Br)ccc1Oc1ccc(CNC2CC2)c(Cl)c1. The van der Waals surface area contributed by atoms with Crippen LogP contribution >= 0.6 is 27.5 Å². The molecule has 3 rings (SSSR count). The van der Waals surface area contributed by atoms with Crippen molar-refractivity contribution >= 4 is 27.5 Å². The molecule has 2 aromatic carbocycles. The lowest BCUT2D eigenvalue weighted by molar-refractivity contribution is 0.478. The summed E-state index contributed by atoms with van der Waals surface area (Å²) in [5, 5.41) is 4.21. The average Bonchev–Trinajstić information content (AvgIpc) is 3.25. The van der Waals surface area contributed by atoms with Gasteiger partial charge < -0.3 is 10.1 Å². The minimum absolute atomic E-state index is 0.683. The van der Waals surface area contributed by atoms with Gasteiger partial charge in [0.2, 0.25) is 0 Å². The maximum absolute atomic E-state index is 6.34. The number of hydrogen-bond acceptors (Lipinski definition) is 2. The van der Waals surface area contributed by atoms with Crippen LogP contribution < -0.4 is 10.1 Å². The van der Waals surface area contributed by atoms with Crippen LogP contribution in [0.5, 0.6) is 11.5 Å². The topological polar surface area (TPSA) is 21.3 Å². The van der Waals surface area contributed by atoms with E-state index in [1.807, 2.05) is 43.3 Å². The molecular weight excluding hydrogens is 350 g/mol. The van der Waals surface area contributed by atoms with Gasteiger partial charge in [-0.05, 0) is 61.2 Å². The molecule has 0 spiro atoms. The Hall–Kier alpha value is -1.03. The lowest BCUT2D eigenvalue weighted by atomic mass is 10.2. The number of hydrogen-bond donors (Lipinski definition) is 1. The zero-order valence-corrected chi connectivity index (χ0v) is 14.2. The Morgan fingerprint density at radius 2 is 2.05 bits per heavy atom. The van der Waals surface area contributed by atoms with E-state index in [9.17, 15) is 0 Å². The number of nitrogens with one attached hydrogen (secondary N) is 1. The largest absolute Gasteiger partial charge is 0.457 e. The second-order valence-corrected chi connectivity index (χ2v) is 6.74. The molecule has 0 radical (unpaired) electrons. The van der Waals surface area contributed by atoms with Gasteiger partial charge in [0.15, 0.2) is 0 Å². The van der Waals surface area contributed by atoms with Crippen LogP contribution in [0.2, 0.25) is 5.02 Å². The van der Waals surface area contributed by atoms with E-state index in [0.717, 1.165) is 38.7 Å². The fourth-order valence-corrected chi connectivity index (χ4v) is 2.84. The van der Waals surface area contributed by atoms with E-state index in [4.69, 9.17) is 16.3 Å². The molecule has 110 valence electrons. The van der Waals surface area contributed by atoms with Gasteiger partial charge in [0.25, 0.3) is 0 Å². The van der Waals surface area contributed by atoms with Gasteiger partial charge in [-0.1, -0.05) is 33.6 Å². The summed E-state index contributed by atoms with van der Waals surface area (Å²) < 4.78 is 6.96. The molecule has 0 atom stereocenters. The highest BCUT2D eigenvalue weighted by Crippen LogP contribution is 2.30. The highest BCUT2D eigenvalue weighted by Gasteiger charge is 2.20. The van der Waals surface area contributed by atoms with Crippen LogP contribution in [0.1, 0.15) is 24.0 Å². The Kier molecular flexibility index (Phi) is 4.53. The van der Waals surface area contributed by atoms with Gasteiger partial charge in [-0.15, -0.1) is 0 Å². The molecule has 1 fully saturated rings. The summed E-state index contributed by atoms with van der Waals surface area (Å²) in [6, 6.07) is 12.5. The molecule has 0 heterocycles. The minimum atomic E-state index is 0.683. The van der Waals surface area contributed by atoms with Crippen molar-refractivity contribution in [2.75, 3.05) is 0 Å². The summed E-state index contributed by atoms with van der Waals surface area (Å²) in [6.45, 7) is 2.84. The smallest absolute Gasteiger partial charge is 0.130 e. The first-order valence-electron chi connectivity index (χ1n) is 7.07. The molecule has 4 heteroatoms. The summed E-state index contributed by atoms with van der Waals surface area (Å²) >= 11 is 9.79. The van der Waals surface area contributed by atoms with E-state index in [1.54, 1.807) is 0 Å². The third-order valence-electron chi connectivity index (χ3n) is 3.55. The van der Waals surface area contributed by atoms with Crippen molar-refractivity contribution in [1.82, 2.24) is 5.32 Å². The van der Waals surface area contributed by atoms with Crippen molar-refractivity contribution < 1.29 is 4.74 Å². The zero-order chi connectivity index (χ0) is 14.8. The summed E-state index contributed by atoms with van der Waals surface area (Å²) in [5.74, 6) is 1.61. The van der Waals surface area contributed by atoms with Crippen molar-refractivity contribution in [3.63, 3.8) is 0 Å². The van der Waals surface area contributed by atoms with E-state index < -0.39 is 0 Å². The Morgan fingerprint density at radius 1 is 1.24 bits per heavy atom. The number of aryl methyl sites for hydroxylation is 1. The molecule has 1 N–H and O–H groups in total. The summed E-state index contributed by atoms with van der Waals surface area (Å²) in [4.78, 5) is 0. The third kappa shape index (κ3) is 4.00. The molecule has 0 amide bonds. The lowest BCUT2D eigenvalue weighted by Crippen LogP contribution is -2.15. The Labute approximate surface area is 138 Å². The van der Waals surface area contributed by atoms with Crippen molar-refractivity contribution in [2.24, 2.45) is 0 Å². The highest BCUT2D eigenvalue weighted by atomic mass is 79.9. The standard InChI is InChI=1S/C17H17BrClNO/c1-11-8-13(18)3-7-17(11)21-15-6-2-12(16(19)9-15)10-20-14-4-5-14/h2-3,6-9,14,20H,4-5,10H2,1H3. The van der Waals surface area contributed by atoms with Gasteiger partial charge in [0.1, 0.15) is 11.5 Å². The van der Waals surface area contributed by atoms with Crippen LogP contribution in [-0.2, 0) is 6.54 Å². The van der Waals surface area contributed by atoms with Crippen LogP contribution in [0.15, 0.2) is 40.9 Å². The van der Waals surface area contributed by atoms with Crippen LogP contribution in [-0.4, -0.2) is 6.04 Å². The number of ether oxygens (including phenoxy) is 1. The Bertz CT molecular complexity index is 655. The Balaban J connectivity index is 1.71. The van der Waals surface area contributed by atoms with Crippen molar-refractivity contribution in [3.8, 4) is 11.5 Å². The van der Waals surface area contributed by atoms with Crippen LogP contribution in [0.4, 0.5) is 0 Å². The molecule has 1 aliphatic carbocycles. The van der Waals surface area contributed by atoms with E-state index in [0.29, 0.717) is 6.04 Å². The highest BCUT2D eigenvalue weighted by molar-refractivity contribution is 9.10. The van der Waals surface area contributed by atoms with E-state index in [-0.39, 0.29) is 0 Å². The number of halogens is 2. The first-order valence-corrected chi connectivity index (χ1v) is 8.25. The van der Waals surface area contributed by atoms with Gasteiger partial charge >= 0.3 is 0 Å². The molecule has 0 saturated heterocycles. The van der Waals surface area contributed by atoms with E-state index in [2.05, 4.69) is 21.2 Å². The summed E-state index contributed by atoms with van der Waals surface area (Å²) in [7, 11) is 0. The van der Waals surface area contributed by atoms with Gasteiger partial charge in [0.05, 0.1) is 0 Å². The molecule has 1 saturated carbocycles. The average molecular weight is 367 g/mol. The van der Waals surface area contributed by atoms with Crippen molar-refractivity contribution in [2.45, 2.75) is 32.4 Å². The number of rotatable bonds is 5. The van der Waals surface area contributed by atoms with Gasteiger partial charge in [-0.2, -0.15) is 0 Å². The van der Waals surface area contributed by atoms with E-state index >= 15 is 0 Å². The predicted octanol–water partition coefficient (Wildman–Crippen LogP) is 5.46. The molecule has 0 aliphatic heterocycles. The molecule has 21 heavy (non-hydrogen) atoms. The normalized spacial score (nSPS) is 14.2. The fourth-order valence-electron chi connectivity index (χ4n) is 2.13. The third-order valence-corrected chi connectivity index (χ3v) is 4.39. The summed E-state index contributed by atoms with van der Waals surface area (Å²) in [6.07, 6.45) is 2.56. The van der Waals surface area contributed by atoms with Crippen LogP contribution in [0.25, 0.3) is 0 Å². The predicted molar refractivity (Wildman–Crippen MR) is 90.3 cm³/mol. The second kappa shape index (κ2) is 6.39. The molecule has 0 bridgehead atoms. The quantitative estimate of drug-likeness (QED) is 0.759. The van der Waals surface area contributed by atoms with Crippen molar-refractivity contribution in [3.05, 3.63) is 57.0 Å². The molecular formula is C17H17BrClNO. The second-order valence-electron chi connectivity index (χ2n) is 5.42. The number of benzene rings is 2. The van der Waals surface area contributed by atoms with Crippen LogP contribution in [0, 0.1) is 6.92 Å². The van der Waals surface area contributed by atoms with Crippen molar-refractivity contribution in [1.29, 1.82) is 0 Å². The minimum Gasteiger partial charge on any atom is -0.457 e.